The normalized spacial score (nSPS) is 12.4. The van der Waals surface area contributed by atoms with E-state index in [-0.39, 0.29) is 133 Å². The fourth-order valence-corrected chi connectivity index (χ4v) is 6.51. The Balaban J connectivity index is 1.97. The molecule has 3 atom stereocenters. The Morgan fingerprint density at radius 3 is 1.81 bits per heavy atom. The highest BCUT2D eigenvalue weighted by Gasteiger charge is 2.23. The minimum absolute atomic E-state index is 0.00377. The van der Waals surface area contributed by atoms with E-state index >= 15 is 0 Å². The van der Waals surface area contributed by atoms with Gasteiger partial charge in [0.25, 0.3) is 0 Å². The van der Waals surface area contributed by atoms with Crippen LogP contribution in [0.4, 0.5) is 0 Å². The number of ether oxygens (including phenoxy) is 5. The number of carbonyl (C=O) groups excluding carboxylic acids is 5. The molecule has 20 heteroatoms. The van der Waals surface area contributed by atoms with Gasteiger partial charge in [0.15, 0.2) is 0 Å². The maximum atomic E-state index is 12.3. The highest BCUT2D eigenvalue weighted by atomic mass is 16.5. The zero-order valence-electron chi connectivity index (χ0n) is 39.1. The summed E-state index contributed by atoms with van der Waals surface area (Å²) in [6, 6.07) is 4.57. The van der Waals surface area contributed by atoms with E-state index < -0.39 is 35.9 Å². The Morgan fingerprint density at radius 1 is 0.552 bits per heavy atom. The lowest BCUT2D eigenvalue weighted by Gasteiger charge is -2.16. The quantitative estimate of drug-likeness (QED) is 0.0362. The third kappa shape index (κ3) is 32.3. The number of aliphatic carboxylic acids is 2. The number of Topliss-reactive ketones (excluding diaryl/α,β-unsaturated/α-hetero) is 2. The standard InChI is InChI=1S/C47H74N4O16/c1-3-12-39(48-2)41(53)23-18-35(45(57)58)13-8-9-24-49-43(55)33-66-32-30-64-28-25-50-44(56)34-65-31-29-63-26-11-14-37(52)19-22-40(47(61)62)51-42(54)15-7-5-4-6-10-27-67-38-20-16-36(17-21-38)46(59)60/h2,16-17,20-21,35,39-40,48H,3-15,18-19,22-34H2,1H3,(H,49,55)(H,50,56)(H,51,54)(H,57,58)(H,59,60)(H,61,62)/t35-,39+,40+/m1/s1. The second-order valence-corrected chi connectivity index (χ2v) is 15.9. The molecule has 0 fully saturated rings. The van der Waals surface area contributed by atoms with Gasteiger partial charge < -0.3 is 60.3 Å². The molecule has 3 amide bonds. The largest absolute Gasteiger partial charge is 0.494 e. The van der Waals surface area contributed by atoms with E-state index in [1.54, 1.807) is 12.1 Å². The average molecular weight is 951 g/mol. The van der Waals surface area contributed by atoms with Crippen molar-refractivity contribution in [2.75, 3.05) is 72.6 Å². The molecule has 0 aliphatic heterocycles. The lowest BCUT2D eigenvalue weighted by molar-refractivity contribution is -0.143. The van der Waals surface area contributed by atoms with Crippen molar-refractivity contribution in [1.82, 2.24) is 21.3 Å². The van der Waals surface area contributed by atoms with Crippen LogP contribution in [0, 0.1) is 13.0 Å². The summed E-state index contributed by atoms with van der Waals surface area (Å²) in [7, 11) is 5.43. The first-order valence-corrected chi connectivity index (χ1v) is 23.3. The number of carbonyl (C=O) groups is 8. The maximum absolute atomic E-state index is 12.3. The minimum Gasteiger partial charge on any atom is -0.494 e. The Bertz CT molecular complexity index is 1590. The third-order valence-corrected chi connectivity index (χ3v) is 10.3. The highest BCUT2D eigenvalue weighted by molar-refractivity contribution is 5.88. The second-order valence-electron chi connectivity index (χ2n) is 15.9. The van der Waals surface area contributed by atoms with E-state index in [1.165, 1.54) is 12.1 Å². The van der Waals surface area contributed by atoms with Crippen LogP contribution in [0.2, 0.25) is 0 Å². The van der Waals surface area contributed by atoms with E-state index in [0.29, 0.717) is 57.4 Å². The van der Waals surface area contributed by atoms with Gasteiger partial charge in [-0.2, -0.15) is 0 Å². The summed E-state index contributed by atoms with van der Waals surface area (Å²) in [5.41, 5.74) is 0.191. The average Bonchev–Trinajstić information content (AvgIpc) is 3.30. The molecule has 0 aliphatic carbocycles. The molecule has 7 N–H and O–H groups in total. The number of hydrogen-bond donors (Lipinski definition) is 7. The SMILES string of the molecule is [CH]N[C@@H](CCC)C(=O)CC[C@@H](CCCCNC(=O)COCCOCCNC(=O)COCCOCCCC(=O)CC[C@H](NC(=O)CCCCCCCOc1ccc(C(=O)O)cc1)C(=O)O)C(=O)O. The molecule has 20 nitrogen and oxygen atoms in total. The summed E-state index contributed by atoms with van der Waals surface area (Å²) in [4.78, 5) is 95.1. The van der Waals surface area contributed by atoms with Gasteiger partial charge in [-0.25, -0.2) is 9.59 Å². The van der Waals surface area contributed by atoms with Crippen molar-refractivity contribution in [3.8, 4) is 5.75 Å². The summed E-state index contributed by atoms with van der Waals surface area (Å²) in [6.45, 7) is 3.95. The van der Waals surface area contributed by atoms with Crippen LogP contribution in [0.5, 0.6) is 5.75 Å². The topological polar surface area (TPSA) is 292 Å². The summed E-state index contributed by atoms with van der Waals surface area (Å²) in [6.07, 6.45) is 8.04. The van der Waals surface area contributed by atoms with Gasteiger partial charge in [0.1, 0.15) is 36.6 Å². The Kier molecular flexibility index (Phi) is 34.9. The molecular weight excluding hydrogens is 877 g/mol. The summed E-state index contributed by atoms with van der Waals surface area (Å²) < 4.78 is 27.0. The number of nitrogens with one attached hydrogen (secondary N) is 4. The summed E-state index contributed by atoms with van der Waals surface area (Å²) in [5, 5.41) is 38.3. The van der Waals surface area contributed by atoms with Crippen molar-refractivity contribution >= 4 is 47.2 Å². The van der Waals surface area contributed by atoms with Gasteiger partial charge in [0, 0.05) is 52.4 Å². The predicted octanol–water partition coefficient (Wildman–Crippen LogP) is 3.75. The van der Waals surface area contributed by atoms with E-state index in [4.69, 9.17) is 35.8 Å². The van der Waals surface area contributed by atoms with Crippen LogP contribution >= 0.6 is 0 Å². The van der Waals surface area contributed by atoms with Gasteiger partial charge in [-0.15, -0.1) is 0 Å². The molecule has 0 aromatic heterocycles. The first-order valence-electron chi connectivity index (χ1n) is 23.3. The molecule has 67 heavy (non-hydrogen) atoms. The van der Waals surface area contributed by atoms with Crippen LogP contribution in [-0.2, 0) is 52.5 Å². The smallest absolute Gasteiger partial charge is 0.335 e. The molecule has 1 rings (SSSR count). The molecule has 0 saturated carbocycles. The van der Waals surface area contributed by atoms with E-state index in [1.807, 2.05) is 6.92 Å². The molecule has 0 heterocycles. The van der Waals surface area contributed by atoms with Gasteiger partial charge in [-0.1, -0.05) is 39.0 Å². The number of benzene rings is 1. The van der Waals surface area contributed by atoms with Gasteiger partial charge in [-0.3, -0.25) is 28.8 Å². The fourth-order valence-electron chi connectivity index (χ4n) is 6.51. The van der Waals surface area contributed by atoms with Crippen LogP contribution in [0.1, 0.15) is 126 Å². The molecular formula is C47H74N4O16. The lowest BCUT2D eigenvalue weighted by atomic mass is 9.93. The maximum Gasteiger partial charge on any atom is 0.335 e. The Hall–Kier alpha value is -5.02. The van der Waals surface area contributed by atoms with Crippen LogP contribution in [-0.4, -0.2) is 147 Å². The Morgan fingerprint density at radius 2 is 1.18 bits per heavy atom. The Labute approximate surface area is 394 Å². The number of carboxylic acids is 3. The number of hydrogen-bond acceptors (Lipinski definition) is 14. The van der Waals surface area contributed by atoms with Crippen LogP contribution in [0.3, 0.4) is 0 Å². The zero-order valence-corrected chi connectivity index (χ0v) is 39.1. The van der Waals surface area contributed by atoms with Crippen LogP contribution in [0.15, 0.2) is 24.3 Å². The van der Waals surface area contributed by atoms with Crippen molar-refractivity contribution < 1.29 is 77.4 Å². The van der Waals surface area contributed by atoms with Crippen molar-refractivity contribution in [3.63, 3.8) is 0 Å². The molecule has 0 aliphatic rings. The fraction of sp³-hybridized carbons (Fsp3) is 0.681. The molecule has 1 aromatic carbocycles. The molecule has 0 bridgehead atoms. The number of unbranched alkanes of at least 4 members (excludes halogenated alkanes) is 5. The van der Waals surface area contributed by atoms with Gasteiger partial charge in [0.05, 0.1) is 57.2 Å². The molecule has 378 valence electrons. The van der Waals surface area contributed by atoms with Crippen molar-refractivity contribution in [1.29, 1.82) is 0 Å². The number of ketones is 2. The molecule has 2 radical (unpaired) electrons. The number of rotatable bonds is 45. The van der Waals surface area contributed by atoms with Gasteiger partial charge >= 0.3 is 17.9 Å². The van der Waals surface area contributed by atoms with E-state index in [9.17, 15) is 48.6 Å². The number of carboxylic acid groups (broad SMARTS) is 3. The van der Waals surface area contributed by atoms with E-state index in [2.05, 4.69) is 21.3 Å². The monoisotopic (exact) mass is 951 g/mol. The lowest BCUT2D eigenvalue weighted by Crippen LogP contribution is -2.41. The number of aromatic carboxylic acids is 1. The molecule has 0 spiro atoms. The zero-order chi connectivity index (χ0) is 49.5. The van der Waals surface area contributed by atoms with Crippen molar-refractivity contribution in [2.45, 2.75) is 128 Å². The third-order valence-electron chi connectivity index (χ3n) is 10.3. The summed E-state index contributed by atoms with van der Waals surface area (Å²) >= 11 is 0. The van der Waals surface area contributed by atoms with Gasteiger partial charge in [-0.05, 0) is 75.6 Å². The van der Waals surface area contributed by atoms with Crippen molar-refractivity contribution in [3.05, 3.63) is 36.9 Å². The molecule has 1 aromatic rings. The summed E-state index contributed by atoms with van der Waals surface area (Å²) in [5.74, 6) is -4.46. The number of amides is 3. The predicted molar refractivity (Wildman–Crippen MR) is 244 cm³/mol. The first kappa shape index (κ1) is 60.0. The van der Waals surface area contributed by atoms with Gasteiger partial charge in [0.2, 0.25) is 17.7 Å². The minimum atomic E-state index is -1.20. The van der Waals surface area contributed by atoms with Crippen LogP contribution < -0.4 is 26.0 Å². The van der Waals surface area contributed by atoms with Crippen LogP contribution in [0.25, 0.3) is 0 Å². The molecule has 0 unspecified atom stereocenters. The first-order chi connectivity index (χ1) is 32.3. The van der Waals surface area contributed by atoms with E-state index in [0.717, 1.165) is 32.1 Å². The van der Waals surface area contributed by atoms with Crippen molar-refractivity contribution in [2.24, 2.45) is 5.92 Å². The second kappa shape index (κ2) is 39.0. The molecule has 0 saturated heterocycles. The highest BCUT2D eigenvalue weighted by Crippen LogP contribution is 2.17.